The highest BCUT2D eigenvalue weighted by molar-refractivity contribution is 7.92. The van der Waals surface area contributed by atoms with Gasteiger partial charge in [-0.25, -0.2) is 8.42 Å². The van der Waals surface area contributed by atoms with E-state index in [0.29, 0.717) is 11.6 Å². The Morgan fingerprint density at radius 1 is 1.23 bits per heavy atom. The molecule has 0 saturated heterocycles. The summed E-state index contributed by atoms with van der Waals surface area (Å²) in [4.78, 5) is 0.170. The number of sulfonamides is 1. The molecule has 0 bridgehead atoms. The topological polar surface area (TPSA) is 63.4 Å². The van der Waals surface area contributed by atoms with E-state index in [4.69, 9.17) is 17.3 Å². The number of rotatable bonds is 2. The van der Waals surface area contributed by atoms with Crippen LogP contribution in [0.5, 0.6) is 0 Å². The Morgan fingerprint density at radius 3 is 2.73 bits per heavy atom. The van der Waals surface area contributed by atoms with Crippen molar-refractivity contribution in [3.05, 3.63) is 52.5 Å². The van der Waals surface area contributed by atoms with Crippen molar-refractivity contribution in [1.82, 2.24) is 0 Å². The van der Waals surface area contributed by atoms with Crippen LogP contribution in [0.4, 0.5) is 11.4 Å². The molecule has 2 aromatic rings. The third-order valence-electron chi connectivity index (χ3n) is 4.00. The molecule has 0 atom stereocenters. The largest absolute Gasteiger partial charge is 0.397 e. The Hall–Kier alpha value is -1.72. The Kier molecular flexibility index (Phi) is 3.78. The maximum Gasteiger partial charge on any atom is 0.264 e. The second-order valence-corrected chi connectivity index (χ2v) is 7.71. The average Bonchev–Trinajstić information content (AvgIpc) is 2.50. The second-order valence-electron chi connectivity index (χ2n) is 5.44. The zero-order valence-corrected chi connectivity index (χ0v) is 13.8. The van der Waals surface area contributed by atoms with Crippen LogP contribution in [-0.4, -0.2) is 15.0 Å². The standard InChI is InChI=1S/C16H17ClN2O2S/c1-11-4-2-6-16-13(11)5-3-9-19(16)22(20,21)12-7-8-14(17)15(18)10-12/h2,4,6-8,10H,3,5,9,18H2,1H3. The zero-order valence-electron chi connectivity index (χ0n) is 12.2. The van der Waals surface area contributed by atoms with E-state index in [1.807, 2.05) is 25.1 Å². The molecule has 0 unspecified atom stereocenters. The molecule has 0 radical (unpaired) electrons. The molecule has 0 aliphatic carbocycles. The molecule has 2 aromatic carbocycles. The molecule has 0 fully saturated rings. The Labute approximate surface area is 135 Å². The van der Waals surface area contributed by atoms with Gasteiger partial charge >= 0.3 is 0 Å². The summed E-state index contributed by atoms with van der Waals surface area (Å²) < 4.78 is 27.4. The summed E-state index contributed by atoms with van der Waals surface area (Å²) in [6.07, 6.45) is 1.71. The van der Waals surface area contributed by atoms with Crippen LogP contribution in [-0.2, 0) is 16.4 Å². The summed E-state index contributed by atoms with van der Waals surface area (Å²) in [7, 11) is -3.64. The first-order valence-electron chi connectivity index (χ1n) is 7.07. The number of aryl methyl sites for hydroxylation is 1. The molecule has 0 aromatic heterocycles. The molecular weight excluding hydrogens is 320 g/mol. The fourth-order valence-corrected chi connectivity index (χ4v) is 4.51. The molecule has 6 heteroatoms. The minimum Gasteiger partial charge on any atom is -0.397 e. The van der Waals surface area contributed by atoms with E-state index in [1.165, 1.54) is 22.5 Å². The van der Waals surface area contributed by atoms with Crippen molar-refractivity contribution in [2.75, 3.05) is 16.6 Å². The van der Waals surface area contributed by atoms with Crippen molar-refractivity contribution < 1.29 is 8.42 Å². The number of nitrogens with two attached hydrogens (primary N) is 1. The van der Waals surface area contributed by atoms with Crippen LogP contribution < -0.4 is 10.0 Å². The summed E-state index contributed by atoms with van der Waals surface area (Å²) in [5.41, 5.74) is 9.00. The summed E-state index contributed by atoms with van der Waals surface area (Å²) >= 11 is 5.88. The van der Waals surface area contributed by atoms with Crippen molar-refractivity contribution in [3.8, 4) is 0 Å². The van der Waals surface area contributed by atoms with Gasteiger partial charge in [0.1, 0.15) is 0 Å². The predicted molar refractivity (Wildman–Crippen MR) is 89.9 cm³/mol. The summed E-state index contributed by atoms with van der Waals surface area (Å²) in [5.74, 6) is 0. The van der Waals surface area contributed by atoms with Crippen molar-refractivity contribution >= 4 is 33.0 Å². The quantitative estimate of drug-likeness (QED) is 0.855. The van der Waals surface area contributed by atoms with Gasteiger partial charge in [0.15, 0.2) is 0 Å². The van der Waals surface area contributed by atoms with Gasteiger partial charge in [-0.05, 0) is 55.2 Å². The molecule has 0 spiro atoms. The minimum atomic E-state index is -3.64. The third-order valence-corrected chi connectivity index (χ3v) is 6.15. The molecule has 22 heavy (non-hydrogen) atoms. The van der Waals surface area contributed by atoms with Gasteiger partial charge in [0.05, 0.1) is 21.3 Å². The fourth-order valence-electron chi connectivity index (χ4n) is 2.82. The lowest BCUT2D eigenvalue weighted by molar-refractivity contribution is 0.586. The molecular formula is C16H17ClN2O2S. The third kappa shape index (κ3) is 2.44. The number of fused-ring (bicyclic) bond motifs is 1. The summed E-state index contributed by atoms with van der Waals surface area (Å²) in [6.45, 7) is 2.48. The molecule has 3 rings (SSSR count). The number of benzene rings is 2. The fraction of sp³-hybridized carbons (Fsp3) is 0.250. The highest BCUT2D eigenvalue weighted by atomic mass is 35.5. The Bertz CT molecular complexity index is 834. The van der Waals surface area contributed by atoms with Crippen LogP contribution >= 0.6 is 11.6 Å². The first-order valence-corrected chi connectivity index (χ1v) is 8.89. The predicted octanol–water partition coefficient (Wildman–Crippen LogP) is 3.37. The van der Waals surface area contributed by atoms with Crippen LogP contribution in [0.15, 0.2) is 41.3 Å². The van der Waals surface area contributed by atoms with Crippen molar-refractivity contribution in [2.24, 2.45) is 0 Å². The van der Waals surface area contributed by atoms with Crippen molar-refractivity contribution in [2.45, 2.75) is 24.7 Å². The number of nitrogen functional groups attached to an aromatic ring is 1. The summed E-state index contributed by atoms with van der Waals surface area (Å²) in [5, 5.41) is 0.355. The van der Waals surface area contributed by atoms with E-state index in [-0.39, 0.29) is 10.6 Å². The minimum absolute atomic E-state index is 0.170. The number of halogens is 1. The molecule has 0 saturated carbocycles. The van der Waals surface area contributed by atoms with Gasteiger partial charge in [-0.1, -0.05) is 23.7 Å². The second kappa shape index (κ2) is 5.48. The molecule has 0 amide bonds. The first kappa shape index (κ1) is 15.2. The Morgan fingerprint density at radius 2 is 2.00 bits per heavy atom. The summed E-state index contributed by atoms with van der Waals surface area (Å²) in [6, 6.07) is 10.2. The smallest absolute Gasteiger partial charge is 0.264 e. The molecule has 1 aliphatic heterocycles. The van der Waals surface area contributed by atoms with Crippen LogP contribution in [0, 0.1) is 6.92 Å². The molecule has 1 aliphatic rings. The molecule has 2 N–H and O–H groups in total. The van der Waals surface area contributed by atoms with Gasteiger partial charge < -0.3 is 5.73 Å². The average molecular weight is 337 g/mol. The van der Waals surface area contributed by atoms with Crippen molar-refractivity contribution in [1.29, 1.82) is 0 Å². The maximum absolute atomic E-state index is 13.0. The highest BCUT2D eigenvalue weighted by Crippen LogP contribution is 2.34. The lowest BCUT2D eigenvalue weighted by Gasteiger charge is -2.31. The monoisotopic (exact) mass is 336 g/mol. The van der Waals surface area contributed by atoms with Crippen LogP contribution in [0.25, 0.3) is 0 Å². The molecule has 1 heterocycles. The molecule has 116 valence electrons. The lowest BCUT2D eigenvalue weighted by Crippen LogP contribution is -2.35. The van der Waals surface area contributed by atoms with E-state index in [9.17, 15) is 8.42 Å². The zero-order chi connectivity index (χ0) is 15.9. The number of hydrogen-bond donors (Lipinski definition) is 1. The van der Waals surface area contributed by atoms with Crippen LogP contribution in [0.3, 0.4) is 0 Å². The van der Waals surface area contributed by atoms with Gasteiger partial charge in [0.2, 0.25) is 0 Å². The first-order chi connectivity index (χ1) is 10.4. The normalized spacial score (nSPS) is 14.7. The number of nitrogens with zero attached hydrogens (tertiary/aromatic N) is 1. The van der Waals surface area contributed by atoms with E-state index in [0.717, 1.165) is 29.7 Å². The Balaban J connectivity index is 2.11. The van der Waals surface area contributed by atoms with Gasteiger partial charge in [-0.15, -0.1) is 0 Å². The van der Waals surface area contributed by atoms with Gasteiger partial charge in [-0.3, -0.25) is 4.31 Å². The lowest BCUT2D eigenvalue weighted by atomic mass is 9.99. The SMILES string of the molecule is Cc1cccc2c1CCCN2S(=O)(=O)c1ccc(Cl)c(N)c1. The van der Waals surface area contributed by atoms with E-state index in [2.05, 4.69) is 0 Å². The van der Waals surface area contributed by atoms with Crippen molar-refractivity contribution in [3.63, 3.8) is 0 Å². The van der Waals surface area contributed by atoms with Crippen LogP contribution in [0.1, 0.15) is 17.5 Å². The molecule has 4 nitrogen and oxygen atoms in total. The number of anilines is 2. The maximum atomic E-state index is 13.0. The van der Waals surface area contributed by atoms with E-state index in [1.54, 1.807) is 0 Å². The van der Waals surface area contributed by atoms with E-state index < -0.39 is 10.0 Å². The van der Waals surface area contributed by atoms with Crippen LogP contribution in [0.2, 0.25) is 5.02 Å². The van der Waals surface area contributed by atoms with Gasteiger partial charge in [0, 0.05) is 6.54 Å². The van der Waals surface area contributed by atoms with Gasteiger partial charge in [0.25, 0.3) is 10.0 Å². The highest BCUT2D eigenvalue weighted by Gasteiger charge is 2.29. The number of hydrogen-bond acceptors (Lipinski definition) is 3. The van der Waals surface area contributed by atoms with Gasteiger partial charge in [-0.2, -0.15) is 0 Å². The van der Waals surface area contributed by atoms with E-state index >= 15 is 0 Å².